The molecule has 2 aromatic rings. The standard InChI is InChI=1S/C15H14Cl2N2O/c1-10-8-12(17)4-7-14(10)19-15(20)9-18-13-5-2-11(16)3-6-13/h2-8,18H,9H2,1H3,(H,19,20). The fourth-order valence-electron chi connectivity index (χ4n) is 1.71. The molecular weight excluding hydrogens is 295 g/mol. The lowest BCUT2D eigenvalue weighted by Crippen LogP contribution is -2.22. The smallest absolute Gasteiger partial charge is 0.243 e. The molecule has 1 amide bonds. The molecule has 0 unspecified atom stereocenters. The Labute approximate surface area is 127 Å². The number of hydrogen-bond donors (Lipinski definition) is 2. The van der Waals surface area contributed by atoms with Gasteiger partial charge in [0.25, 0.3) is 0 Å². The van der Waals surface area contributed by atoms with Gasteiger partial charge in [-0.2, -0.15) is 0 Å². The molecule has 2 aromatic carbocycles. The molecule has 0 spiro atoms. The van der Waals surface area contributed by atoms with Gasteiger partial charge in [-0.05, 0) is 55.0 Å². The van der Waals surface area contributed by atoms with Gasteiger partial charge in [-0.3, -0.25) is 4.79 Å². The van der Waals surface area contributed by atoms with Crippen molar-refractivity contribution >= 4 is 40.5 Å². The predicted octanol–water partition coefficient (Wildman–Crippen LogP) is 4.35. The van der Waals surface area contributed by atoms with Gasteiger partial charge in [-0.25, -0.2) is 0 Å². The molecule has 2 N–H and O–H groups in total. The van der Waals surface area contributed by atoms with E-state index in [1.807, 2.05) is 25.1 Å². The second-order valence-electron chi connectivity index (χ2n) is 4.37. The molecule has 0 aliphatic carbocycles. The lowest BCUT2D eigenvalue weighted by Gasteiger charge is -2.10. The molecule has 104 valence electrons. The fourth-order valence-corrected chi connectivity index (χ4v) is 2.06. The van der Waals surface area contributed by atoms with Gasteiger partial charge in [0, 0.05) is 21.4 Å². The molecule has 20 heavy (non-hydrogen) atoms. The van der Waals surface area contributed by atoms with Crippen LogP contribution >= 0.6 is 23.2 Å². The van der Waals surface area contributed by atoms with Crippen molar-refractivity contribution in [1.82, 2.24) is 0 Å². The zero-order chi connectivity index (χ0) is 14.5. The van der Waals surface area contributed by atoms with Crippen LogP contribution in [-0.4, -0.2) is 12.5 Å². The van der Waals surface area contributed by atoms with Crippen molar-refractivity contribution in [3.63, 3.8) is 0 Å². The zero-order valence-electron chi connectivity index (χ0n) is 10.9. The van der Waals surface area contributed by atoms with Gasteiger partial charge in [-0.1, -0.05) is 23.2 Å². The van der Waals surface area contributed by atoms with Crippen LogP contribution in [0.3, 0.4) is 0 Å². The molecule has 0 fully saturated rings. The van der Waals surface area contributed by atoms with Gasteiger partial charge in [0.15, 0.2) is 0 Å². The number of halogens is 2. The molecule has 5 heteroatoms. The maximum atomic E-state index is 11.9. The Hall–Kier alpha value is -1.71. The first kappa shape index (κ1) is 14.7. The Balaban J connectivity index is 1.90. The topological polar surface area (TPSA) is 41.1 Å². The quantitative estimate of drug-likeness (QED) is 0.881. The van der Waals surface area contributed by atoms with Gasteiger partial charge >= 0.3 is 0 Å². The van der Waals surface area contributed by atoms with Gasteiger partial charge in [0.2, 0.25) is 5.91 Å². The zero-order valence-corrected chi connectivity index (χ0v) is 12.4. The molecule has 0 atom stereocenters. The Bertz CT molecular complexity index is 612. The maximum Gasteiger partial charge on any atom is 0.243 e. The molecule has 0 saturated heterocycles. The third-order valence-electron chi connectivity index (χ3n) is 2.76. The van der Waals surface area contributed by atoms with Gasteiger partial charge in [-0.15, -0.1) is 0 Å². The molecule has 0 heterocycles. The predicted molar refractivity (Wildman–Crippen MR) is 84.8 cm³/mol. The van der Waals surface area contributed by atoms with Crippen molar-refractivity contribution in [3.8, 4) is 0 Å². The average molecular weight is 309 g/mol. The van der Waals surface area contributed by atoms with Crippen molar-refractivity contribution in [3.05, 3.63) is 58.1 Å². The Morgan fingerprint density at radius 1 is 1.05 bits per heavy atom. The normalized spacial score (nSPS) is 10.2. The van der Waals surface area contributed by atoms with E-state index in [4.69, 9.17) is 23.2 Å². The van der Waals surface area contributed by atoms with Crippen molar-refractivity contribution in [2.75, 3.05) is 17.2 Å². The lowest BCUT2D eigenvalue weighted by molar-refractivity contribution is -0.114. The summed E-state index contributed by atoms with van der Waals surface area (Å²) in [5, 5.41) is 7.18. The Morgan fingerprint density at radius 3 is 2.35 bits per heavy atom. The van der Waals surface area contributed by atoms with Gasteiger partial charge in [0.05, 0.1) is 6.54 Å². The highest BCUT2D eigenvalue weighted by atomic mass is 35.5. The summed E-state index contributed by atoms with van der Waals surface area (Å²) in [5.74, 6) is -0.120. The monoisotopic (exact) mass is 308 g/mol. The third-order valence-corrected chi connectivity index (χ3v) is 3.25. The van der Waals surface area contributed by atoms with E-state index in [9.17, 15) is 4.79 Å². The van der Waals surface area contributed by atoms with E-state index in [0.29, 0.717) is 10.0 Å². The molecular formula is C15H14Cl2N2O. The first-order chi connectivity index (χ1) is 9.54. The first-order valence-corrected chi connectivity index (χ1v) is 6.85. The molecule has 2 rings (SSSR count). The van der Waals surface area contributed by atoms with Crippen molar-refractivity contribution < 1.29 is 4.79 Å². The highest BCUT2D eigenvalue weighted by molar-refractivity contribution is 6.31. The second kappa shape index (κ2) is 6.64. The van der Waals surface area contributed by atoms with Crippen LogP contribution in [0.25, 0.3) is 0 Å². The summed E-state index contributed by atoms with van der Waals surface area (Å²) in [4.78, 5) is 11.9. The molecule has 0 aliphatic heterocycles. The largest absolute Gasteiger partial charge is 0.376 e. The minimum atomic E-state index is -0.120. The highest BCUT2D eigenvalue weighted by Crippen LogP contribution is 2.19. The average Bonchev–Trinajstić information content (AvgIpc) is 2.41. The minimum Gasteiger partial charge on any atom is -0.376 e. The van der Waals surface area contributed by atoms with E-state index in [1.165, 1.54) is 0 Å². The number of carbonyl (C=O) groups excluding carboxylic acids is 1. The lowest BCUT2D eigenvalue weighted by atomic mass is 10.2. The van der Waals surface area contributed by atoms with E-state index in [1.54, 1.807) is 24.3 Å². The van der Waals surface area contributed by atoms with Crippen molar-refractivity contribution in [2.24, 2.45) is 0 Å². The van der Waals surface area contributed by atoms with Crippen LogP contribution in [0.2, 0.25) is 10.0 Å². The van der Waals surface area contributed by atoms with Crippen LogP contribution in [0.5, 0.6) is 0 Å². The summed E-state index contributed by atoms with van der Waals surface area (Å²) >= 11 is 11.7. The molecule has 0 saturated carbocycles. The summed E-state index contributed by atoms with van der Waals surface area (Å²) < 4.78 is 0. The highest BCUT2D eigenvalue weighted by Gasteiger charge is 2.05. The number of nitrogens with one attached hydrogen (secondary N) is 2. The summed E-state index contributed by atoms with van der Waals surface area (Å²) in [7, 11) is 0. The number of hydrogen-bond acceptors (Lipinski definition) is 2. The third kappa shape index (κ3) is 4.15. The van der Waals surface area contributed by atoms with Gasteiger partial charge in [0.1, 0.15) is 0 Å². The number of carbonyl (C=O) groups is 1. The van der Waals surface area contributed by atoms with E-state index < -0.39 is 0 Å². The fraction of sp³-hybridized carbons (Fsp3) is 0.133. The number of benzene rings is 2. The minimum absolute atomic E-state index is 0.120. The SMILES string of the molecule is Cc1cc(Cl)ccc1NC(=O)CNc1ccc(Cl)cc1. The summed E-state index contributed by atoms with van der Waals surface area (Å²) in [6.45, 7) is 2.08. The van der Waals surface area contributed by atoms with Crippen LogP contribution in [0.1, 0.15) is 5.56 Å². The number of aryl methyl sites for hydroxylation is 1. The number of anilines is 2. The molecule has 0 bridgehead atoms. The van der Waals surface area contributed by atoms with Gasteiger partial charge < -0.3 is 10.6 Å². The first-order valence-electron chi connectivity index (χ1n) is 6.10. The van der Waals surface area contributed by atoms with Crippen LogP contribution in [0.15, 0.2) is 42.5 Å². The summed E-state index contributed by atoms with van der Waals surface area (Å²) in [5.41, 5.74) is 2.53. The number of amides is 1. The van der Waals surface area contributed by atoms with Crippen LogP contribution in [0, 0.1) is 6.92 Å². The van der Waals surface area contributed by atoms with E-state index in [2.05, 4.69) is 10.6 Å². The summed E-state index contributed by atoms with van der Waals surface area (Å²) in [6, 6.07) is 12.5. The number of rotatable bonds is 4. The Kier molecular flexibility index (Phi) is 4.88. The molecule has 0 radical (unpaired) electrons. The van der Waals surface area contributed by atoms with E-state index >= 15 is 0 Å². The van der Waals surface area contributed by atoms with Crippen LogP contribution in [0.4, 0.5) is 11.4 Å². The Morgan fingerprint density at radius 2 is 1.70 bits per heavy atom. The molecule has 0 aromatic heterocycles. The van der Waals surface area contributed by atoms with Crippen molar-refractivity contribution in [2.45, 2.75) is 6.92 Å². The molecule has 3 nitrogen and oxygen atoms in total. The molecule has 0 aliphatic rings. The second-order valence-corrected chi connectivity index (χ2v) is 5.24. The maximum absolute atomic E-state index is 11.9. The summed E-state index contributed by atoms with van der Waals surface area (Å²) in [6.07, 6.45) is 0. The van der Waals surface area contributed by atoms with Crippen LogP contribution < -0.4 is 10.6 Å². The van der Waals surface area contributed by atoms with Crippen molar-refractivity contribution in [1.29, 1.82) is 0 Å². The van der Waals surface area contributed by atoms with E-state index in [0.717, 1.165) is 16.9 Å². The van der Waals surface area contributed by atoms with E-state index in [-0.39, 0.29) is 12.5 Å². The van der Waals surface area contributed by atoms with Crippen LogP contribution in [-0.2, 0) is 4.79 Å².